The lowest BCUT2D eigenvalue weighted by Gasteiger charge is -2.24. The van der Waals surface area contributed by atoms with Crippen LogP contribution in [0.15, 0.2) is 12.3 Å². The highest BCUT2D eigenvalue weighted by Crippen LogP contribution is 2.15. The van der Waals surface area contributed by atoms with Crippen LogP contribution in [0, 0.1) is 0 Å². The van der Waals surface area contributed by atoms with Crippen molar-refractivity contribution in [2.75, 3.05) is 36.5 Å². The molecule has 0 bridgehead atoms. The second kappa shape index (κ2) is 8.73. The molecule has 0 atom stereocenters. The zero-order valence-electron chi connectivity index (χ0n) is 12.9. The number of nitrogens with zero attached hydrogens (tertiary/aromatic N) is 4. The number of hydrogen-bond acceptors (Lipinski definition) is 4. The molecule has 0 amide bonds. The first kappa shape index (κ1) is 15.7. The van der Waals surface area contributed by atoms with Gasteiger partial charge in [0.25, 0.3) is 0 Å². The van der Waals surface area contributed by atoms with E-state index < -0.39 is 0 Å². The van der Waals surface area contributed by atoms with E-state index in [4.69, 9.17) is 4.98 Å². The molecule has 0 spiro atoms. The Hall–Kier alpha value is -1.32. The predicted octanol–water partition coefficient (Wildman–Crippen LogP) is 3.34. The van der Waals surface area contributed by atoms with Gasteiger partial charge in [-0.1, -0.05) is 27.2 Å². The molecular formula is C15H28N4. The Morgan fingerprint density at radius 3 is 2.26 bits per heavy atom. The highest BCUT2D eigenvalue weighted by Gasteiger charge is 2.09. The van der Waals surface area contributed by atoms with Gasteiger partial charge >= 0.3 is 0 Å². The van der Waals surface area contributed by atoms with E-state index in [1.54, 1.807) is 0 Å². The second-order valence-electron chi connectivity index (χ2n) is 4.98. The van der Waals surface area contributed by atoms with E-state index in [0.29, 0.717) is 0 Å². The molecule has 0 unspecified atom stereocenters. The molecular weight excluding hydrogens is 236 g/mol. The SMILES string of the molecule is CCCCN(C)c1nccc(N(CCC)CCC)n1. The fourth-order valence-electron chi connectivity index (χ4n) is 2.08. The second-order valence-corrected chi connectivity index (χ2v) is 4.98. The number of hydrogen-bond donors (Lipinski definition) is 0. The minimum Gasteiger partial charge on any atom is -0.356 e. The molecule has 0 aliphatic rings. The summed E-state index contributed by atoms with van der Waals surface area (Å²) >= 11 is 0. The molecule has 1 aromatic heterocycles. The fourth-order valence-corrected chi connectivity index (χ4v) is 2.08. The summed E-state index contributed by atoms with van der Waals surface area (Å²) in [6.45, 7) is 9.75. The molecule has 0 fully saturated rings. The normalized spacial score (nSPS) is 10.5. The van der Waals surface area contributed by atoms with Gasteiger partial charge < -0.3 is 9.80 Å². The molecule has 0 N–H and O–H groups in total. The average Bonchev–Trinajstić information content (AvgIpc) is 2.44. The standard InChI is InChI=1S/C15H28N4/c1-5-8-13-18(4)15-16-10-9-14(17-15)19(11-6-2)12-7-3/h9-10H,5-8,11-13H2,1-4H3. The molecule has 1 rings (SSSR count). The van der Waals surface area contributed by atoms with Crippen LogP contribution < -0.4 is 9.80 Å². The van der Waals surface area contributed by atoms with Crippen LogP contribution in [0.5, 0.6) is 0 Å². The van der Waals surface area contributed by atoms with Gasteiger partial charge in [0.1, 0.15) is 5.82 Å². The van der Waals surface area contributed by atoms with Gasteiger partial charge in [0, 0.05) is 32.9 Å². The minimum atomic E-state index is 0.836. The summed E-state index contributed by atoms with van der Waals surface area (Å²) in [7, 11) is 2.07. The zero-order valence-corrected chi connectivity index (χ0v) is 12.9. The Labute approximate surface area is 117 Å². The lowest BCUT2D eigenvalue weighted by Crippen LogP contribution is -2.27. The first-order chi connectivity index (χ1) is 9.22. The van der Waals surface area contributed by atoms with Crippen molar-refractivity contribution in [3.63, 3.8) is 0 Å². The highest BCUT2D eigenvalue weighted by atomic mass is 15.3. The summed E-state index contributed by atoms with van der Waals surface area (Å²) in [5.74, 6) is 1.89. The minimum absolute atomic E-state index is 0.836. The Morgan fingerprint density at radius 2 is 1.68 bits per heavy atom. The van der Waals surface area contributed by atoms with Crippen molar-refractivity contribution in [3.8, 4) is 0 Å². The quantitative estimate of drug-likeness (QED) is 0.685. The number of rotatable bonds is 9. The van der Waals surface area contributed by atoms with E-state index in [9.17, 15) is 0 Å². The molecule has 1 aromatic rings. The summed E-state index contributed by atoms with van der Waals surface area (Å²) in [5, 5.41) is 0. The largest absolute Gasteiger partial charge is 0.356 e. The number of aromatic nitrogens is 2. The molecule has 4 heteroatoms. The van der Waals surface area contributed by atoms with E-state index in [2.05, 4.69) is 42.6 Å². The van der Waals surface area contributed by atoms with Gasteiger partial charge in [-0.25, -0.2) is 4.98 Å². The highest BCUT2D eigenvalue weighted by molar-refractivity contribution is 5.43. The maximum absolute atomic E-state index is 4.70. The van der Waals surface area contributed by atoms with Crippen LogP contribution >= 0.6 is 0 Å². The summed E-state index contributed by atoms with van der Waals surface area (Å²) in [5.41, 5.74) is 0. The van der Waals surface area contributed by atoms with Gasteiger partial charge in [-0.3, -0.25) is 0 Å². The summed E-state index contributed by atoms with van der Waals surface area (Å²) in [6, 6.07) is 2.02. The van der Waals surface area contributed by atoms with Crippen molar-refractivity contribution >= 4 is 11.8 Å². The zero-order chi connectivity index (χ0) is 14.1. The van der Waals surface area contributed by atoms with Crippen molar-refractivity contribution in [2.24, 2.45) is 0 Å². The summed E-state index contributed by atoms with van der Waals surface area (Å²) < 4.78 is 0. The third-order valence-electron chi connectivity index (χ3n) is 3.13. The number of unbranched alkanes of at least 4 members (excludes halogenated alkanes) is 1. The molecule has 0 aromatic carbocycles. The smallest absolute Gasteiger partial charge is 0.226 e. The Bertz CT molecular complexity index is 348. The summed E-state index contributed by atoms with van der Waals surface area (Å²) in [6.07, 6.45) is 6.54. The topological polar surface area (TPSA) is 32.3 Å². The Morgan fingerprint density at radius 1 is 1.00 bits per heavy atom. The van der Waals surface area contributed by atoms with Crippen molar-refractivity contribution in [2.45, 2.75) is 46.5 Å². The average molecular weight is 264 g/mol. The molecule has 0 saturated carbocycles. The predicted molar refractivity (Wildman–Crippen MR) is 83.0 cm³/mol. The van der Waals surface area contributed by atoms with Crippen LogP contribution in [0.1, 0.15) is 46.5 Å². The molecule has 19 heavy (non-hydrogen) atoms. The van der Waals surface area contributed by atoms with Gasteiger partial charge in [-0.05, 0) is 25.3 Å². The van der Waals surface area contributed by atoms with E-state index in [-0.39, 0.29) is 0 Å². The Kier molecular flexibility index (Phi) is 7.23. The maximum Gasteiger partial charge on any atom is 0.226 e. The first-order valence-electron chi connectivity index (χ1n) is 7.52. The summed E-state index contributed by atoms with van der Waals surface area (Å²) in [4.78, 5) is 13.6. The third-order valence-corrected chi connectivity index (χ3v) is 3.13. The van der Waals surface area contributed by atoms with Crippen LogP contribution in [-0.4, -0.2) is 36.6 Å². The monoisotopic (exact) mass is 264 g/mol. The van der Waals surface area contributed by atoms with E-state index in [1.807, 2.05) is 12.3 Å². The van der Waals surface area contributed by atoms with Crippen LogP contribution in [0.2, 0.25) is 0 Å². The van der Waals surface area contributed by atoms with Crippen LogP contribution in [-0.2, 0) is 0 Å². The maximum atomic E-state index is 4.70. The van der Waals surface area contributed by atoms with E-state index >= 15 is 0 Å². The van der Waals surface area contributed by atoms with Crippen LogP contribution in [0.3, 0.4) is 0 Å². The molecule has 108 valence electrons. The van der Waals surface area contributed by atoms with Gasteiger partial charge in [0.2, 0.25) is 5.95 Å². The third kappa shape index (κ3) is 5.05. The van der Waals surface area contributed by atoms with Gasteiger partial charge in [-0.15, -0.1) is 0 Å². The van der Waals surface area contributed by atoms with Gasteiger partial charge in [0.05, 0.1) is 0 Å². The van der Waals surface area contributed by atoms with Gasteiger partial charge in [-0.2, -0.15) is 4.98 Å². The van der Waals surface area contributed by atoms with E-state index in [1.165, 1.54) is 12.8 Å². The molecule has 0 saturated heterocycles. The van der Waals surface area contributed by atoms with Gasteiger partial charge in [0.15, 0.2) is 0 Å². The van der Waals surface area contributed by atoms with Crippen molar-refractivity contribution in [1.29, 1.82) is 0 Å². The van der Waals surface area contributed by atoms with Crippen molar-refractivity contribution in [1.82, 2.24) is 9.97 Å². The molecule has 4 nitrogen and oxygen atoms in total. The van der Waals surface area contributed by atoms with Crippen molar-refractivity contribution < 1.29 is 0 Å². The lowest BCUT2D eigenvalue weighted by atomic mass is 10.3. The molecule has 0 aliphatic heterocycles. The number of anilines is 2. The van der Waals surface area contributed by atoms with E-state index in [0.717, 1.165) is 44.2 Å². The van der Waals surface area contributed by atoms with Crippen molar-refractivity contribution in [3.05, 3.63) is 12.3 Å². The molecule has 1 heterocycles. The first-order valence-corrected chi connectivity index (χ1v) is 7.52. The lowest BCUT2D eigenvalue weighted by molar-refractivity contribution is 0.722. The fraction of sp³-hybridized carbons (Fsp3) is 0.733. The molecule has 0 radical (unpaired) electrons. The Balaban J connectivity index is 2.78. The van der Waals surface area contributed by atoms with Crippen LogP contribution in [0.4, 0.5) is 11.8 Å². The molecule has 0 aliphatic carbocycles. The van der Waals surface area contributed by atoms with Crippen LogP contribution in [0.25, 0.3) is 0 Å².